The molecule has 0 bridgehead atoms. The minimum atomic E-state index is 0.452. The van der Waals surface area contributed by atoms with Gasteiger partial charge in [0.25, 0.3) is 0 Å². The molecule has 0 unspecified atom stereocenters. The number of hydrogen-bond donors (Lipinski definition) is 1. The molecule has 1 aromatic rings. The van der Waals surface area contributed by atoms with Gasteiger partial charge in [-0.15, -0.1) is 0 Å². The van der Waals surface area contributed by atoms with Crippen LogP contribution < -0.4 is 10.6 Å². The molecule has 0 spiro atoms. The molecule has 19 heavy (non-hydrogen) atoms. The first-order valence-corrected chi connectivity index (χ1v) is 7.12. The molecule has 1 fully saturated rings. The third-order valence-corrected chi connectivity index (χ3v) is 3.86. The first-order chi connectivity index (χ1) is 9.08. The maximum Gasteiger partial charge on any atom is 0.106 e. The lowest BCUT2D eigenvalue weighted by molar-refractivity contribution is 0.285. The van der Waals surface area contributed by atoms with Crippen LogP contribution in [-0.2, 0) is 0 Å². The van der Waals surface area contributed by atoms with Gasteiger partial charge in [0.15, 0.2) is 0 Å². The van der Waals surface area contributed by atoms with E-state index in [9.17, 15) is 0 Å². The SMILES string of the molecule is CN(C)CC1CCN(c2cnccc2C(N)=S)CC1. The van der Waals surface area contributed by atoms with Gasteiger partial charge in [0.1, 0.15) is 4.99 Å². The van der Waals surface area contributed by atoms with Gasteiger partial charge in [0.05, 0.1) is 11.9 Å². The Morgan fingerprint density at radius 3 is 2.74 bits per heavy atom. The highest BCUT2D eigenvalue weighted by Crippen LogP contribution is 2.25. The fourth-order valence-corrected chi connectivity index (χ4v) is 2.89. The molecular formula is C14H22N4S. The van der Waals surface area contributed by atoms with E-state index in [0.717, 1.165) is 30.3 Å². The van der Waals surface area contributed by atoms with Gasteiger partial charge in [-0.3, -0.25) is 4.98 Å². The zero-order chi connectivity index (χ0) is 13.8. The molecule has 0 amide bonds. The number of nitrogens with zero attached hydrogens (tertiary/aromatic N) is 3. The summed E-state index contributed by atoms with van der Waals surface area (Å²) < 4.78 is 0. The van der Waals surface area contributed by atoms with E-state index in [1.165, 1.54) is 19.4 Å². The molecule has 0 saturated carbocycles. The fraction of sp³-hybridized carbons (Fsp3) is 0.571. The zero-order valence-electron chi connectivity index (χ0n) is 11.7. The van der Waals surface area contributed by atoms with Gasteiger partial charge in [-0.25, -0.2) is 0 Å². The Balaban J connectivity index is 2.04. The van der Waals surface area contributed by atoms with Crippen molar-refractivity contribution in [2.75, 3.05) is 38.6 Å². The summed E-state index contributed by atoms with van der Waals surface area (Å²) in [4.78, 5) is 9.28. The van der Waals surface area contributed by atoms with Crippen LogP contribution in [0.3, 0.4) is 0 Å². The summed E-state index contributed by atoms with van der Waals surface area (Å²) in [6, 6.07) is 1.91. The highest BCUT2D eigenvalue weighted by Gasteiger charge is 2.21. The Labute approximate surface area is 120 Å². The molecule has 1 aliphatic heterocycles. The van der Waals surface area contributed by atoms with E-state index in [4.69, 9.17) is 18.0 Å². The van der Waals surface area contributed by atoms with Crippen LogP contribution in [0.25, 0.3) is 0 Å². The van der Waals surface area contributed by atoms with E-state index in [1.807, 2.05) is 12.3 Å². The maximum atomic E-state index is 5.78. The van der Waals surface area contributed by atoms with Crippen molar-refractivity contribution in [2.24, 2.45) is 11.7 Å². The van der Waals surface area contributed by atoms with Crippen LogP contribution in [0.15, 0.2) is 18.5 Å². The van der Waals surface area contributed by atoms with Crippen molar-refractivity contribution in [2.45, 2.75) is 12.8 Å². The van der Waals surface area contributed by atoms with Crippen LogP contribution in [0.1, 0.15) is 18.4 Å². The fourth-order valence-electron chi connectivity index (χ4n) is 2.72. The van der Waals surface area contributed by atoms with Crippen molar-refractivity contribution in [3.8, 4) is 0 Å². The normalized spacial score (nSPS) is 16.9. The number of aromatic nitrogens is 1. The minimum Gasteiger partial charge on any atom is -0.389 e. The Bertz CT molecular complexity index is 439. The van der Waals surface area contributed by atoms with E-state index in [2.05, 4.69) is 28.9 Å². The molecule has 0 aliphatic carbocycles. The van der Waals surface area contributed by atoms with Crippen molar-refractivity contribution >= 4 is 22.9 Å². The van der Waals surface area contributed by atoms with Gasteiger partial charge in [0, 0.05) is 31.4 Å². The number of hydrogen-bond acceptors (Lipinski definition) is 4. The van der Waals surface area contributed by atoms with Crippen LogP contribution in [0.4, 0.5) is 5.69 Å². The number of anilines is 1. The molecule has 5 heteroatoms. The van der Waals surface area contributed by atoms with Gasteiger partial charge in [-0.1, -0.05) is 12.2 Å². The van der Waals surface area contributed by atoms with Gasteiger partial charge < -0.3 is 15.5 Å². The molecule has 2 rings (SSSR count). The predicted molar refractivity (Wildman–Crippen MR) is 83.6 cm³/mol. The number of nitrogens with two attached hydrogens (primary N) is 1. The van der Waals surface area contributed by atoms with Crippen molar-refractivity contribution < 1.29 is 0 Å². The van der Waals surface area contributed by atoms with Crippen molar-refractivity contribution in [1.82, 2.24) is 9.88 Å². The van der Waals surface area contributed by atoms with E-state index >= 15 is 0 Å². The van der Waals surface area contributed by atoms with E-state index in [0.29, 0.717) is 4.99 Å². The van der Waals surface area contributed by atoms with Crippen molar-refractivity contribution in [3.05, 3.63) is 24.0 Å². The molecule has 2 heterocycles. The van der Waals surface area contributed by atoms with Crippen molar-refractivity contribution in [3.63, 3.8) is 0 Å². The summed E-state index contributed by atoms with van der Waals surface area (Å²) in [7, 11) is 4.27. The second-order valence-electron chi connectivity index (χ2n) is 5.45. The molecule has 4 nitrogen and oxygen atoms in total. The lowest BCUT2D eigenvalue weighted by Crippen LogP contribution is -2.38. The summed E-state index contributed by atoms with van der Waals surface area (Å²) in [5, 5.41) is 0. The first kappa shape index (κ1) is 14.2. The van der Waals surface area contributed by atoms with Crippen LogP contribution in [-0.4, -0.2) is 48.6 Å². The third kappa shape index (κ3) is 3.64. The monoisotopic (exact) mass is 278 g/mol. The van der Waals surface area contributed by atoms with Crippen LogP contribution in [0, 0.1) is 5.92 Å². The molecule has 1 aromatic heterocycles. The second-order valence-corrected chi connectivity index (χ2v) is 5.89. The van der Waals surface area contributed by atoms with Gasteiger partial charge in [-0.2, -0.15) is 0 Å². The van der Waals surface area contributed by atoms with Crippen molar-refractivity contribution in [1.29, 1.82) is 0 Å². The highest BCUT2D eigenvalue weighted by atomic mass is 32.1. The number of piperidine rings is 1. The smallest absolute Gasteiger partial charge is 0.106 e. The minimum absolute atomic E-state index is 0.452. The summed E-state index contributed by atoms with van der Waals surface area (Å²) >= 11 is 5.12. The average molecular weight is 278 g/mol. The Kier molecular flexibility index (Phi) is 4.71. The summed E-state index contributed by atoms with van der Waals surface area (Å²) in [5.74, 6) is 0.788. The standard InChI is InChI=1S/C14H22N4S/c1-17(2)10-11-4-7-18(8-5-11)13-9-16-6-3-12(13)14(15)19/h3,6,9,11H,4-5,7-8,10H2,1-2H3,(H2,15,19). The molecule has 0 atom stereocenters. The van der Waals surface area contributed by atoms with Gasteiger partial charge in [0.2, 0.25) is 0 Å². The van der Waals surface area contributed by atoms with E-state index in [-0.39, 0.29) is 0 Å². The molecular weight excluding hydrogens is 256 g/mol. The predicted octanol–water partition coefficient (Wildman–Crippen LogP) is 1.49. The van der Waals surface area contributed by atoms with Gasteiger partial charge >= 0.3 is 0 Å². The van der Waals surface area contributed by atoms with E-state index in [1.54, 1.807) is 6.20 Å². The quantitative estimate of drug-likeness (QED) is 0.846. The summed E-state index contributed by atoms with van der Waals surface area (Å²) in [6.45, 7) is 3.28. The Morgan fingerprint density at radius 2 is 2.16 bits per heavy atom. The van der Waals surface area contributed by atoms with Crippen LogP contribution in [0.5, 0.6) is 0 Å². The zero-order valence-corrected chi connectivity index (χ0v) is 12.5. The summed E-state index contributed by atoms with van der Waals surface area (Å²) in [5.41, 5.74) is 7.81. The number of pyridine rings is 1. The molecule has 1 aliphatic rings. The average Bonchev–Trinajstić information content (AvgIpc) is 2.39. The number of rotatable bonds is 4. The van der Waals surface area contributed by atoms with Gasteiger partial charge in [-0.05, 0) is 38.9 Å². The molecule has 104 valence electrons. The lowest BCUT2D eigenvalue weighted by Gasteiger charge is -2.35. The van der Waals surface area contributed by atoms with Crippen LogP contribution in [0.2, 0.25) is 0 Å². The molecule has 2 N–H and O–H groups in total. The van der Waals surface area contributed by atoms with E-state index < -0.39 is 0 Å². The Morgan fingerprint density at radius 1 is 1.47 bits per heavy atom. The molecule has 0 radical (unpaired) electrons. The maximum absolute atomic E-state index is 5.78. The molecule has 0 aromatic carbocycles. The lowest BCUT2D eigenvalue weighted by atomic mass is 9.96. The molecule has 1 saturated heterocycles. The largest absolute Gasteiger partial charge is 0.389 e. The Hall–Kier alpha value is -1.20. The topological polar surface area (TPSA) is 45.4 Å². The summed E-state index contributed by atoms with van der Waals surface area (Å²) in [6.07, 6.45) is 6.05. The second kappa shape index (κ2) is 6.30. The third-order valence-electron chi connectivity index (χ3n) is 3.64. The van der Waals surface area contributed by atoms with Crippen LogP contribution >= 0.6 is 12.2 Å². The number of thiocarbonyl (C=S) groups is 1. The highest BCUT2D eigenvalue weighted by molar-refractivity contribution is 7.80. The first-order valence-electron chi connectivity index (χ1n) is 6.71.